The Bertz CT molecular complexity index is 66.5. The van der Waals surface area contributed by atoms with Crippen LogP contribution in [-0.2, 0) is 10.9 Å². The molecule has 1 aliphatic rings. The topological polar surface area (TPSA) is 12.0 Å². The Labute approximate surface area is 47.1 Å². The summed E-state index contributed by atoms with van der Waals surface area (Å²) >= 11 is 0. The zero-order valence-corrected chi connectivity index (χ0v) is 5.13. The third-order valence-corrected chi connectivity index (χ3v) is 2.84. The predicted octanol–water partition coefficient (Wildman–Crippen LogP) is 0.309. The van der Waals surface area contributed by atoms with Crippen LogP contribution in [0.4, 0.5) is 0 Å². The zero-order valence-electron chi connectivity index (χ0n) is 4.31. The highest BCUT2D eigenvalue weighted by Gasteiger charge is 2.18. The zero-order chi connectivity index (χ0) is 5.11. The minimum absolute atomic E-state index is 0.519. The van der Waals surface area contributed by atoms with Gasteiger partial charge in [0.25, 0.3) is 0 Å². The third kappa shape index (κ3) is 1.21. The quantitative estimate of drug-likeness (QED) is 0.486. The van der Waals surface area contributed by atoms with Crippen LogP contribution in [0.15, 0.2) is 12.0 Å². The third-order valence-electron chi connectivity index (χ3n) is 1.06. The van der Waals surface area contributed by atoms with E-state index in [0.717, 1.165) is 0 Å². The Morgan fingerprint density at radius 3 is 2.86 bits per heavy atom. The van der Waals surface area contributed by atoms with Crippen LogP contribution in [0.5, 0.6) is 0 Å². The summed E-state index contributed by atoms with van der Waals surface area (Å²) in [7, 11) is 0.519. The van der Waals surface area contributed by atoms with Gasteiger partial charge >= 0.3 is 0 Å². The van der Waals surface area contributed by atoms with Crippen molar-refractivity contribution in [1.82, 2.24) is 5.32 Å². The van der Waals surface area contributed by atoms with Crippen molar-refractivity contribution in [2.75, 3.05) is 18.2 Å². The Kier molecular flexibility index (Phi) is 1.77. The van der Waals surface area contributed by atoms with Crippen LogP contribution in [0.25, 0.3) is 0 Å². The molecule has 0 saturated carbocycles. The molecule has 40 valence electrons. The molecule has 1 nitrogen and oxygen atoms in total. The van der Waals surface area contributed by atoms with E-state index in [1.54, 1.807) is 0 Å². The van der Waals surface area contributed by atoms with Gasteiger partial charge in [0.1, 0.15) is 11.2 Å². The van der Waals surface area contributed by atoms with Gasteiger partial charge in [0.2, 0.25) is 0 Å². The first-order valence-electron chi connectivity index (χ1n) is 2.43. The Hall–Kier alpha value is 0.0500. The van der Waals surface area contributed by atoms with Gasteiger partial charge in [-0.3, -0.25) is 5.32 Å². The van der Waals surface area contributed by atoms with E-state index in [9.17, 15) is 0 Å². The molecule has 0 spiro atoms. The van der Waals surface area contributed by atoms with Crippen LogP contribution in [0.2, 0.25) is 0 Å². The maximum atomic E-state index is 3.72. The van der Waals surface area contributed by atoms with E-state index in [0.29, 0.717) is 10.9 Å². The highest BCUT2D eigenvalue weighted by molar-refractivity contribution is 7.99. The summed E-state index contributed by atoms with van der Waals surface area (Å²) in [5, 5.41) is 5.32. The average molecular weight is 116 g/mol. The lowest BCUT2D eigenvalue weighted by molar-refractivity contribution is 0.885. The van der Waals surface area contributed by atoms with E-state index in [1.165, 1.54) is 18.2 Å². The van der Waals surface area contributed by atoms with E-state index >= 15 is 0 Å². The number of nitrogens with one attached hydrogen (secondary N) is 1. The molecule has 1 fully saturated rings. The molecular formula is C5H10NS+. The fourth-order valence-corrected chi connectivity index (χ4v) is 1.86. The van der Waals surface area contributed by atoms with E-state index in [4.69, 9.17) is 0 Å². The van der Waals surface area contributed by atoms with Crippen molar-refractivity contribution in [2.45, 2.75) is 0 Å². The summed E-state index contributed by atoms with van der Waals surface area (Å²) in [5.74, 6) is 2.48. The van der Waals surface area contributed by atoms with E-state index < -0.39 is 0 Å². The molecule has 1 N–H and O–H groups in total. The first kappa shape index (κ1) is 5.19. The van der Waals surface area contributed by atoms with Gasteiger partial charge in [0, 0.05) is 17.4 Å². The van der Waals surface area contributed by atoms with Gasteiger partial charge in [0.05, 0.1) is 0 Å². The van der Waals surface area contributed by atoms with Gasteiger partial charge in [-0.25, -0.2) is 0 Å². The first-order valence-corrected chi connectivity index (χ1v) is 4.05. The summed E-state index contributed by atoms with van der Waals surface area (Å²) < 4.78 is 0. The average Bonchev–Trinajstić information content (AvgIpc) is 2.14. The Balaban J connectivity index is 2.26. The molecule has 0 radical (unpaired) electrons. The lowest BCUT2D eigenvalue weighted by Gasteiger charge is -1.83. The normalized spacial score (nSPS) is 30.6. The SMILES string of the molecule is C=C[S+]1CCNC1. The molecule has 1 aliphatic heterocycles. The minimum atomic E-state index is 0.519. The second-order valence-corrected chi connectivity index (χ2v) is 3.66. The largest absolute Gasteiger partial charge is 0.270 e. The van der Waals surface area contributed by atoms with Crippen molar-refractivity contribution < 1.29 is 0 Å². The molecule has 1 heterocycles. The van der Waals surface area contributed by atoms with Crippen molar-refractivity contribution in [3.05, 3.63) is 12.0 Å². The van der Waals surface area contributed by atoms with Gasteiger partial charge < -0.3 is 0 Å². The highest BCUT2D eigenvalue weighted by Crippen LogP contribution is 1.99. The molecule has 1 atom stereocenters. The van der Waals surface area contributed by atoms with Crippen molar-refractivity contribution in [3.8, 4) is 0 Å². The van der Waals surface area contributed by atoms with Gasteiger partial charge in [-0.2, -0.15) is 0 Å². The summed E-state index contributed by atoms with van der Waals surface area (Å²) in [4.78, 5) is 0. The highest BCUT2D eigenvalue weighted by atomic mass is 32.2. The van der Waals surface area contributed by atoms with Gasteiger partial charge in [0.15, 0.2) is 5.88 Å². The molecule has 0 aromatic carbocycles. The number of hydrogen-bond donors (Lipinski definition) is 1. The fraction of sp³-hybridized carbons (Fsp3) is 0.600. The van der Waals surface area contributed by atoms with Gasteiger partial charge in [-0.15, -0.1) is 0 Å². The standard InChI is InChI=1S/C5H10NS/c1-2-7-4-3-6-5-7/h2,6H,1,3-5H2/q+1. The van der Waals surface area contributed by atoms with Crippen LogP contribution in [0, 0.1) is 0 Å². The second kappa shape index (κ2) is 2.38. The smallest absolute Gasteiger partial charge is 0.164 e. The van der Waals surface area contributed by atoms with E-state index in [1.807, 2.05) is 0 Å². The lowest BCUT2D eigenvalue weighted by Crippen LogP contribution is -2.06. The van der Waals surface area contributed by atoms with Crippen LogP contribution in [0.1, 0.15) is 0 Å². The molecule has 7 heavy (non-hydrogen) atoms. The summed E-state index contributed by atoms with van der Waals surface area (Å²) in [6.07, 6.45) is 0. The molecule has 0 aromatic heterocycles. The molecule has 0 aliphatic carbocycles. The van der Waals surface area contributed by atoms with Gasteiger partial charge in [-0.1, -0.05) is 6.58 Å². The van der Waals surface area contributed by atoms with Crippen LogP contribution < -0.4 is 5.32 Å². The minimum Gasteiger partial charge on any atom is -0.270 e. The number of rotatable bonds is 1. The summed E-state index contributed by atoms with van der Waals surface area (Å²) in [5.41, 5.74) is 0. The Morgan fingerprint density at radius 2 is 2.57 bits per heavy atom. The summed E-state index contributed by atoms with van der Waals surface area (Å²) in [6, 6.07) is 0. The molecule has 0 bridgehead atoms. The van der Waals surface area contributed by atoms with Crippen molar-refractivity contribution in [3.63, 3.8) is 0 Å². The van der Waals surface area contributed by atoms with Crippen LogP contribution >= 0.6 is 0 Å². The number of hydrogen-bond acceptors (Lipinski definition) is 1. The monoisotopic (exact) mass is 116 g/mol. The van der Waals surface area contributed by atoms with Crippen molar-refractivity contribution in [2.24, 2.45) is 0 Å². The van der Waals surface area contributed by atoms with Crippen molar-refractivity contribution >= 4 is 10.9 Å². The molecule has 1 saturated heterocycles. The van der Waals surface area contributed by atoms with E-state index in [2.05, 4.69) is 17.3 Å². The molecule has 1 rings (SSSR count). The van der Waals surface area contributed by atoms with Gasteiger partial charge in [-0.05, 0) is 0 Å². The molecule has 0 amide bonds. The predicted molar refractivity (Wildman–Crippen MR) is 35.3 cm³/mol. The molecule has 0 aromatic rings. The Morgan fingerprint density at radius 1 is 1.71 bits per heavy atom. The fourth-order valence-electron chi connectivity index (χ4n) is 0.621. The molecular weight excluding hydrogens is 106 g/mol. The lowest BCUT2D eigenvalue weighted by atomic mass is 10.8. The van der Waals surface area contributed by atoms with E-state index in [-0.39, 0.29) is 0 Å². The molecule has 1 unspecified atom stereocenters. The maximum Gasteiger partial charge on any atom is 0.164 e. The summed E-state index contributed by atoms with van der Waals surface area (Å²) in [6.45, 7) is 4.90. The van der Waals surface area contributed by atoms with Crippen molar-refractivity contribution in [1.29, 1.82) is 0 Å². The van der Waals surface area contributed by atoms with Crippen LogP contribution in [0.3, 0.4) is 0 Å². The maximum absolute atomic E-state index is 3.72. The van der Waals surface area contributed by atoms with Crippen LogP contribution in [-0.4, -0.2) is 18.2 Å². The molecule has 2 heteroatoms. The second-order valence-electron chi connectivity index (χ2n) is 1.55. The first-order chi connectivity index (χ1) is 3.43.